The summed E-state index contributed by atoms with van der Waals surface area (Å²) < 4.78 is 86.7. The molecule has 0 spiro atoms. The van der Waals surface area contributed by atoms with Gasteiger partial charge in [-0.25, -0.2) is 4.79 Å². The molecule has 3 heterocycles. The van der Waals surface area contributed by atoms with E-state index >= 15 is 0 Å². The zero-order valence-corrected chi connectivity index (χ0v) is 25.6. The van der Waals surface area contributed by atoms with Gasteiger partial charge in [0.1, 0.15) is 5.60 Å². The number of ether oxygens (including phenoxy) is 1. The van der Waals surface area contributed by atoms with E-state index in [1.165, 1.54) is 10.9 Å². The molecule has 246 valence electrons. The standard InChI is InChI=1S/C30H29F6N5O4S/c1-28(2,3)45-27(44)38-20-11-21(15-42)40(14-20)26-39-25(43)24(46-26)9-16-4-7-23-18(8-16)12-37-41(23)13-17-5-6-19(29(31,32)33)10-22(17)30(34,35)36/h4-10,12,20-21,42H,11,13-15H2,1-3H3,(H,38,44). The summed E-state index contributed by atoms with van der Waals surface area (Å²) in [4.78, 5) is 31.2. The Hall–Kier alpha value is -4.05. The van der Waals surface area contributed by atoms with E-state index in [2.05, 4.69) is 15.4 Å². The van der Waals surface area contributed by atoms with Crippen molar-refractivity contribution in [2.45, 2.75) is 63.8 Å². The summed E-state index contributed by atoms with van der Waals surface area (Å²) in [7, 11) is 0. The lowest BCUT2D eigenvalue weighted by Gasteiger charge is -2.23. The monoisotopic (exact) mass is 669 g/mol. The van der Waals surface area contributed by atoms with Gasteiger partial charge < -0.3 is 20.1 Å². The number of carbonyl (C=O) groups excluding carboxylic acids is 2. The van der Waals surface area contributed by atoms with Crippen LogP contribution in [-0.2, 0) is 28.4 Å². The first-order valence-corrected chi connectivity index (χ1v) is 14.9. The van der Waals surface area contributed by atoms with E-state index in [4.69, 9.17) is 4.74 Å². The maximum Gasteiger partial charge on any atom is 0.416 e. The molecule has 2 aliphatic rings. The molecular weight excluding hydrogens is 640 g/mol. The Bertz CT molecular complexity index is 1730. The third-order valence-corrected chi connectivity index (χ3v) is 8.25. The second kappa shape index (κ2) is 12.3. The number of rotatable bonds is 5. The lowest BCUT2D eigenvalue weighted by molar-refractivity contribution is -0.143. The van der Waals surface area contributed by atoms with Crippen molar-refractivity contribution in [3.05, 3.63) is 69.8 Å². The highest BCUT2D eigenvalue weighted by Crippen LogP contribution is 2.38. The number of aliphatic hydroxyl groups is 1. The summed E-state index contributed by atoms with van der Waals surface area (Å²) in [6, 6.07) is 5.67. The van der Waals surface area contributed by atoms with Crippen LogP contribution in [0.3, 0.4) is 0 Å². The van der Waals surface area contributed by atoms with E-state index in [0.29, 0.717) is 45.6 Å². The van der Waals surface area contributed by atoms with E-state index in [1.807, 2.05) is 0 Å². The maximum absolute atomic E-state index is 13.6. The van der Waals surface area contributed by atoms with Crippen LogP contribution >= 0.6 is 11.8 Å². The molecule has 2 amide bonds. The molecule has 46 heavy (non-hydrogen) atoms. The van der Waals surface area contributed by atoms with Crippen molar-refractivity contribution in [1.29, 1.82) is 0 Å². The molecule has 1 aromatic heterocycles. The quantitative estimate of drug-likeness (QED) is 0.252. The molecule has 9 nitrogen and oxygen atoms in total. The Balaban J connectivity index is 1.30. The van der Waals surface area contributed by atoms with Gasteiger partial charge >= 0.3 is 18.4 Å². The minimum absolute atomic E-state index is 0.0977. The first-order chi connectivity index (χ1) is 21.4. The third kappa shape index (κ3) is 7.49. The van der Waals surface area contributed by atoms with Crippen LogP contribution in [0.2, 0.25) is 0 Å². The van der Waals surface area contributed by atoms with Crippen LogP contribution < -0.4 is 5.32 Å². The average Bonchev–Trinajstić information content (AvgIpc) is 3.63. The number of aliphatic hydroxyl groups excluding tert-OH is 1. The number of alkyl carbamates (subject to hydrolysis) is 1. The number of amidine groups is 1. The van der Waals surface area contributed by atoms with Gasteiger partial charge in [0, 0.05) is 11.9 Å². The van der Waals surface area contributed by atoms with Gasteiger partial charge in [0.25, 0.3) is 5.91 Å². The van der Waals surface area contributed by atoms with Crippen molar-refractivity contribution in [3.63, 3.8) is 0 Å². The summed E-state index contributed by atoms with van der Waals surface area (Å²) in [6.45, 7) is 4.89. The fourth-order valence-electron chi connectivity index (χ4n) is 5.21. The number of amides is 2. The molecule has 2 atom stereocenters. The van der Waals surface area contributed by atoms with Crippen LogP contribution in [0.4, 0.5) is 31.1 Å². The fraction of sp³-hybridized carbons (Fsp3) is 0.400. The number of nitrogens with zero attached hydrogens (tertiary/aromatic N) is 4. The Morgan fingerprint density at radius 3 is 2.50 bits per heavy atom. The molecule has 1 saturated heterocycles. The van der Waals surface area contributed by atoms with Gasteiger partial charge in [-0.3, -0.25) is 9.48 Å². The van der Waals surface area contributed by atoms with E-state index in [-0.39, 0.29) is 30.3 Å². The van der Waals surface area contributed by atoms with Gasteiger partial charge in [-0.15, -0.1) is 0 Å². The molecular formula is C30H29F6N5O4S. The molecule has 2 aromatic carbocycles. The van der Waals surface area contributed by atoms with Crippen LogP contribution in [0.15, 0.2) is 52.5 Å². The van der Waals surface area contributed by atoms with Gasteiger partial charge in [0.15, 0.2) is 5.17 Å². The maximum atomic E-state index is 13.6. The van der Waals surface area contributed by atoms with Gasteiger partial charge in [-0.1, -0.05) is 12.1 Å². The van der Waals surface area contributed by atoms with Crippen molar-refractivity contribution in [1.82, 2.24) is 20.0 Å². The highest BCUT2D eigenvalue weighted by atomic mass is 32.2. The van der Waals surface area contributed by atoms with E-state index in [0.717, 1.165) is 17.8 Å². The van der Waals surface area contributed by atoms with E-state index in [9.17, 15) is 41.0 Å². The summed E-state index contributed by atoms with van der Waals surface area (Å²) in [5.74, 6) is -0.502. The molecule has 3 aromatic rings. The highest BCUT2D eigenvalue weighted by molar-refractivity contribution is 8.18. The van der Waals surface area contributed by atoms with Crippen molar-refractivity contribution >= 4 is 45.9 Å². The van der Waals surface area contributed by atoms with Gasteiger partial charge in [0.05, 0.1) is 53.0 Å². The molecule has 2 unspecified atom stereocenters. The average molecular weight is 670 g/mol. The topological polar surface area (TPSA) is 109 Å². The first-order valence-electron chi connectivity index (χ1n) is 14.0. The lowest BCUT2D eigenvalue weighted by Crippen LogP contribution is -2.41. The molecule has 5 rings (SSSR count). The first kappa shape index (κ1) is 33.3. The second-order valence-electron chi connectivity index (χ2n) is 11.9. The van der Waals surface area contributed by atoms with Crippen LogP contribution in [0.25, 0.3) is 17.0 Å². The summed E-state index contributed by atoms with van der Waals surface area (Å²) in [5.41, 5.74) is -2.83. The summed E-state index contributed by atoms with van der Waals surface area (Å²) in [6.07, 6.45) is -7.10. The van der Waals surface area contributed by atoms with E-state index < -0.39 is 47.6 Å². The number of fused-ring (bicyclic) bond motifs is 1. The predicted molar refractivity (Wildman–Crippen MR) is 159 cm³/mol. The number of benzene rings is 2. The Kier molecular flexibility index (Phi) is 8.90. The van der Waals surface area contributed by atoms with Gasteiger partial charge in [0.2, 0.25) is 0 Å². The molecule has 1 fully saturated rings. The summed E-state index contributed by atoms with van der Waals surface area (Å²) in [5, 5.41) is 17.8. The number of halogens is 6. The molecule has 2 aliphatic heterocycles. The number of aromatic nitrogens is 2. The molecule has 0 bridgehead atoms. The number of carbonyl (C=O) groups is 2. The van der Waals surface area contributed by atoms with Crippen molar-refractivity contribution in [2.24, 2.45) is 4.99 Å². The predicted octanol–water partition coefficient (Wildman–Crippen LogP) is 6.05. The zero-order chi connectivity index (χ0) is 33.6. The summed E-state index contributed by atoms with van der Waals surface area (Å²) >= 11 is 1.10. The van der Waals surface area contributed by atoms with Crippen molar-refractivity contribution < 1.29 is 45.8 Å². The minimum atomic E-state index is -5.01. The van der Waals surface area contributed by atoms with Gasteiger partial charge in [-0.05, 0) is 80.4 Å². The smallest absolute Gasteiger partial charge is 0.416 e. The van der Waals surface area contributed by atoms with Crippen LogP contribution in [0, 0.1) is 0 Å². The Labute approximate surface area is 263 Å². The molecule has 16 heteroatoms. The Morgan fingerprint density at radius 2 is 1.85 bits per heavy atom. The van der Waals surface area contributed by atoms with Crippen molar-refractivity contribution in [2.75, 3.05) is 13.2 Å². The van der Waals surface area contributed by atoms with E-state index in [1.54, 1.807) is 49.9 Å². The SMILES string of the molecule is CC(C)(C)OC(=O)NC1CC(CO)N(C2=NC(=O)C(=Cc3ccc4c(cnn4Cc4ccc(C(F)(F)F)cc4C(F)(F)F)c3)S2)C1. The Morgan fingerprint density at radius 1 is 1.11 bits per heavy atom. The number of alkyl halides is 6. The largest absolute Gasteiger partial charge is 0.444 e. The lowest BCUT2D eigenvalue weighted by atomic mass is 10.0. The number of likely N-dealkylation sites (tertiary alicyclic amines) is 1. The van der Waals surface area contributed by atoms with Crippen LogP contribution in [0.1, 0.15) is 49.4 Å². The number of nitrogens with one attached hydrogen (secondary N) is 1. The molecule has 2 N–H and O–H groups in total. The third-order valence-electron chi connectivity index (χ3n) is 7.23. The number of aliphatic imine (C=N–C) groups is 1. The normalized spacial score (nSPS) is 20.1. The number of hydrogen-bond donors (Lipinski definition) is 2. The molecule has 0 aliphatic carbocycles. The number of thioether (sulfide) groups is 1. The van der Waals surface area contributed by atoms with Crippen molar-refractivity contribution in [3.8, 4) is 0 Å². The number of hydrogen-bond acceptors (Lipinski definition) is 7. The minimum Gasteiger partial charge on any atom is -0.444 e. The zero-order valence-electron chi connectivity index (χ0n) is 24.7. The second-order valence-corrected chi connectivity index (χ2v) is 12.9. The molecule has 0 saturated carbocycles. The molecule has 0 radical (unpaired) electrons. The van der Waals surface area contributed by atoms with Crippen LogP contribution in [-0.4, -0.2) is 67.8 Å². The fourth-order valence-corrected chi connectivity index (χ4v) is 6.21. The van der Waals surface area contributed by atoms with Crippen LogP contribution in [0.5, 0.6) is 0 Å². The van der Waals surface area contributed by atoms with Gasteiger partial charge in [-0.2, -0.15) is 36.4 Å². The highest BCUT2D eigenvalue weighted by Gasteiger charge is 2.39.